The van der Waals surface area contributed by atoms with Gasteiger partial charge in [0.15, 0.2) is 0 Å². The predicted octanol–water partition coefficient (Wildman–Crippen LogP) is 4.69. The van der Waals surface area contributed by atoms with Gasteiger partial charge in [-0.15, -0.1) is 0 Å². The molecule has 0 radical (unpaired) electrons. The van der Waals surface area contributed by atoms with Crippen molar-refractivity contribution < 1.29 is 14.3 Å². The highest BCUT2D eigenvalue weighted by Gasteiger charge is 2.13. The quantitative estimate of drug-likeness (QED) is 0.566. The van der Waals surface area contributed by atoms with Crippen molar-refractivity contribution in [2.75, 3.05) is 5.32 Å². The number of amides is 2. The molecule has 0 spiro atoms. The van der Waals surface area contributed by atoms with Crippen LogP contribution in [0.15, 0.2) is 84.6 Å². The molecule has 0 aliphatic heterocycles. The molecule has 0 saturated heterocycles. The van der Waals surface area contributed by atoms with Crippen LogP contribution in [0.3, 0.4) is 0 Å². The molecule has 3 aromatic rings. The third kappa shape index (κ3) is 6.07. The number of benzene rings is 3. The topological polar surface area (TPSA) is 67.4 Å². The third-order valence-electron chi connectivity index (χ3n) is 4.38. The van der Waals surface area contributed by atoms with Crippen LogP contribution in [0.1, 0.15) is 23.6 Å². The van der Waals surface area contributed by atoms with E-state index in [1.807, 2.05) is 67.6 Å². The summed E-state index contributed by atoms with van der Waals surface area (Å²) < 4.78 is 5.82. The van der Waals surface area contributed by atoms with Crippen LogP contribution in [0.25, 0.3) is 6.08 Å². The summed E-state index contributed by atoms with van der Waals surface area (Å²) in [6, 6.07) is 24.6. The average molecular weight is 400 g/mol. The number of nitrogens with one attached hydrogen (secondary N) is 2. The Balaban J connectivity index is 1.74. The fourth-order valence-corrected chi connectivity index (χ4v) is 2.86. The second-order valence-electron chi connectivity index (χ2n) is 6.85. The Labute approximate surface area is 176 Å². The minimum atomic E-state index is -0.409. The van der Waals surface area contributed by atoms with Crippen molar-refractivity contribution in [3.8, 4) is 5.75 Å². The van der Waals surface area contributed by atoms with Crippen LogP contribution in [-0.4, -0.2) is 11.8 Å². The van der Waals surface area contributed by atoms with Crippen molar-refractivity contribution in [3.05, 3.63) is 101 Å². The molecule has 3 aromatic carbocycles. The summed E-state index contributed by atoms with van der Waals surface area (Å²) in [5.41, 5.74) is 3.67. The standard InChI is InChI=1S/C25H24N2O3/c1-18-9-6-7-12-21(18)15-24(26-19(2)28)25(29)27-22-13-8-14-23(16-22)30-17-20-10-4-3-5-11-20/h3-16H,17H2,1-2H3,(H,26,28)(H,27,29)/b24-15-. The lowest BCUT2D eigenvalue weighted by molar-refractivity contribution is -0.120. The monoisotopic (exact) mass is 400 g/mol. The van der Waals surface area contributed by atoms with Crippen LogP contribution in [0.2, 0.25) is 0 Å². The zero-order valence-corrected chi connectivity index (χ0v) is 17.0. The van der Waals surface area contributed by atoms with Crippen molar-refractivity contribution in [2.45, 2.75) is 20.5 Å². The third-order valence-corrected chi connectivity index (χ3v) is 4.38. The molecular formula is C25H24N2O3. The minimum Gasteiger partial charge on any atom is -0.489 e. The zero-order valence-electron chi connectivity index (χ0n) is 17.0. The number of hydrogen-bond donors (Lipinski definition) is 2. The molecule has 0 fully saturated rings. The van der Waals surface area contributed by atoms with Gasteiger partial charge in [0, 0.05) is 18.7 Å². The van der Waals surface area contributed by atoms with E-state index in [1.165, 1.54) is 6.92 Å². The maximum absolute atomic E-state index is 12.8. The number of ether oxygens (including phenoxy) is 1. The van der Waals surface area contributed by atoms with Crippen molar-refractivity contribution in [2.24, 2.45) is 0 Å². The number of carbonyl (C=O) groups excluding carboxylic acids is 2. The Morgan fingerprint density at radius 3 is 2.40 bits per heavy atom. The molecule has 5 nitrogen and oxygen atoms in total. The van der Waals surface area contributed by atoms with E-state index in [4.69, 9.17) is 4.74 Å². The van der Waals surface area contributed by atoms with E-state index < -0.39 is 5.91 Å². The van der Waals surface area contributed by atoms with Gasteiger partial charge in [-0.1, -0.05) is 60.7 Å². The number of hydrogen-bond acceptors (Lipinski definition) is 3. The molecule has 152 valence electrons. The largest absolute Gasteiger partial charge is 0.489 e. The molecule has 0 aliphatic rings. The summed E-state index contributed by atoms with van der Waals surface area (Å²) in [5, 5.41) is 5.44. The Morgan fingerprint density at radius 2 is 1.67 bits per heavy atom. The highest BCUT2D eigenvalue weighted by molar-refractivity contribution is 6.08. The number of rotatable bonds is 7. The lowest BCUT2D eigenvalue weighted by Crippen LogP contribution is -2.29. The van der Waals surface area contributed by atoms with Gasteiger partial charge < -0.3 is 15.4 Å². The van der Waals surface area contributed by atoms with Crippen LogP contribution in [0.4, 0.5) is 5.69 Å². The van der Waals surface area contributed by atoms with Gasteiger partial charge in [0.05, 0.1) is 0 Å². The van der Waals surface area contributed by atoms with E-state index in [-0.39, 0.29) is 11.6 Å². The summed E-state index contributed by atoms with van der Waals surface area (Å²) in [4.78, 5) is 24.4. The molecule has 3 rings (SSSR count). The smallest absolute Gasteiger partial charge is 0.272 e. The van der Waals surface area contributed by atoms with Crippen LogP contribution in [-0.2, 0) is 16.2 Å². The summed E-state index contributed by atoms with van der Waals surface area (Å²) in [6.07, 6.45) is 1.67. The van der Waals surface area contributed by atoms with Crippen LogP contribution in [0.5, 0.6) is 5.75 Å². The molecule has 0 bridgehead atoms. The summed E-state index contributed by atoms with van der Waals surface area (Å²) in [6.45, 7) is 3.75. The first-order chi connectivity index (χ1) is 14.5. The second kappa shape index (κ2) is 10.1. The van der Waals surface area contributed by atoms with Gasteiger partial charge in [0.25, 0.3) is 5.91 Å². The fourth-order valence-electron chi connectivity index (χ4n) is 2.86. The van der Waals surface area contributed by atoms with Crippen molar-refractivity contribution >= 4 is 23.6 Å². The fraction of sp³-hybridized carbons (Fsp3) is 0.120. The molecule has 0 heterocycles. The van der Waals surface area contributed by atoms with Crippen molar-refractivity contribution in [1.29, 1.82) is 0 Å². The molecule has 5 heteroatoms. The Bertz CT molecular complexity index is 1060. The number of anilines is 1. The minimum absolute atomic E-state index is 0.174. The van der Waals surface area contributed by atoms with Gasteiger partial charge in [-0.2, -0.15) is 0 Å². The number of aryl methyl sites for hydroxylation is 1. The van der Waals surface area contributed by atoms with Crippen LogP contribution in [0, 0.1) is 6.92 Å². The Morgan fingerprint density at radius 1 is 0.933 bits per heavy atom. The average Bonchev–Trinajstić information content (AvgIpc) is 2.74. The molecular weight excluding hydrogens is 376 g/mol. The van der Waals surface area contributed by atoms with E-state index in [0.29, 0.717) is 18.0 Å². The highest BCUT2D eigenvalue weighted by atomic mass is 16.5. The predicted molar refractivity (Wildman–Crippen MR) is 119 cm³/mol. The van der Waals surface area contributed by atoms with Gasteiger partial charge in [-0.3, -0.25) is 9.59 Å². The zero-order chi connectivity index (χ0) is 21.3. The molecule has 2 N–H and O–H groups in total. The maximum atomic E-state index is 12.8. The summed E-state index contributed by atoms with van der Waals surface area (Å²) in [7, 11) is 0. The molecule has 2 amide bonds. The van der Waals surface area contributed by atoms with Gasteiger partial charge in [-0.25, -0.2) is 0 Å². The number of carbonyl (C=O) groups is 2. The van der Waals surface area contributed by atoms with Crippen molar-refractivity contribution in [1.82, 2.24) is 5.32 Å². The van der Waals surface area contributed by atoms with Gasteiger partial charge >= 0.3 is 0 Å². The lowest BCUT2D eigenvalue weighted by Gasteiger charge is -2.12. The van der Waals surface area contributed by atoms with Gasteiger partial charge in [-0.05, 0) is 41.8 Å². The van der Waals surface area contributed by atoms with Gasteiger partial charge in [0.2, 0.25) is 5.91 Å². The molecule has 30 heavy (non-hydrogen) atoms. The van der Waals surface area contributed by atoms with Crippen LogP contribution < -0.4 is 15.4 Å². The second-order valence-corrected chi connectivity index (χ2v) is 6.85. The molecule has 0 aliphatic carbocycles. The van der Waals surface area contributed by atoms with E-state index in [1.54, 1.807) is 24.3 Å². The van der Waals surface area contributed by atoms with E-state index in [0.717, 1.165) is 16.7 Å². The molecule has 0 unspecified atom stereocenters. The SMILES string of the molecule is CC(=O)N/C(=C\c1ccccc1C)C(=O)Nc1cccc(OCc2ccccc2)c1. The van der Waals surface area contributed by atoms with E-state index in [9.17, 15) is 9.59 Å². The first-order valence-corrected chi connectivity index (χ1v) is 9.64. The van der Waals surface area contributed by atoms with E-state index in [2.05, 4.69) is 10.6 Å². The molecule has 0 saturated carbocycles. The first kappa shape index (κ1) is 20.9. The first-order valence-electron chi connectivity index (χ1n) is 9.64. The molecule has 0 aromatic heterocycles. The summed E-state index contributed by atoms with van der Waals surface area (Å²) in [5.74, 6) is -0.0841. The highest BCUT2D eigenvalue weighted by Crippen LogP contribution is 2.20. The Hall–Kier alpha value is -3.86. The normalized spacial score (nSPS) is 10.9. The Kier molecular flexibility index (Phi) is 7.00. The molecule has 0 atom stereocenters. The lowest BCUT2D eigenvalue weighted by atomic mass is 10.1. The van der Waals surface area contributed by atoms with E-state index >= 15 is 0 Å². The van der Waals surface area contributed by atoms with Crippen molar-refractivity contribution in [3.63, 3.8) is 0 Å². The summed E-state index contributed by atoms with van der Waals surface area (Å²) >= 11 is 0. The van der Waals surface area contributed by atoms with Gasteiger partial charge in [0.1, 0.15) is 18.1 Å². The maximum Gasteiger partial charge on any atom is 0.272 e. The van der Waals surface area contributed by atoms with Crippen LogP contribution >= 0.6 is 0 Å².